The number of rotatable bonds is 5. The maximum atomic E-state index is 13.6. The van der Waals surface area contributed by atoms with Crippen molar-refractivity contribution in [2.24, 2.45) is 11.6 Å². The van der Waals surface area contributed by atoms with Crippen LogP contribution in [0.2, 0.25) is 10.0 Å². The first kappa shape index (κ1) is 20.8. The van der Waals surface area contributed by atoms with Crippen molar-refractivity contribution in [1.29, 1.82) is 0 Å². The van der Waals surface area contributed by atoms with E-state index in [1.54, 1.807) is 6.92 Å². The Hall–Kier alpha value is -2.55. The van der Waals surface area contributed by atoms with Gasteiger partial charge in [-0.3, -0.25) is 5.01 Å². The Bertz CT molecular complexity index is 922. The van der Waals surface area contributed by atoms with Crippen LogP contribution in [-0.2, 0) is 9.53 Å². The zero-order valence-electron chi connectivity index (χ0n) is 14.1. The molecule has 0 saturated heterocycles. The Balaban J connectivity index is 2.65. The maximum Gasteiger partial charge on any atom is 0.358 e. The summed E-state index contributed by atoms with van der Waals surface area (Å²) in [5, 5.41) is 1.20. The fourth-order valence-electron chi connectivity index (χ4n) is 2.22. The van der Waals surface area contributed by atoms with Crippen molar-refractivity contribution in [3.8, 4) is 0 Å². The molecule has 0 radical (unpaired) electrons. The summed E-state index contributed by atoms with van der Waals surface area (Å²) in [4.78, 5) is 12.4. The highest BCUT2D eigenvalue weighted by Crippen LogP contribution is 2.31. The molecule has 0 aliphatic carbocycles. The molecule has 0 saturated carbocycles. The van der Waals surface area contributed by atoms with Gasteiger partial charge in [0.1, 0.15) is 0 Å². The molecule has 2 rings (SSSR count). The second-order valence-electron chi connectivity index (χ2n) is 5.31. The van der Waals surface area contributed by atoms with Crippen LogP contribution in [0.4, 0.5) is 20.2 Å². The van der Waals surface area contributed by atoms with Gasteiger partial charge >= 0.3 is 5.97 Å². The summed E-state index contributed by atoms with van der Waals surface area (Å²) in [7, 11) is 0. The molecular weight excluding hydrogens is 401 g/mol. The summed E-state index contributed by atoms with van der Waals surface area (Å²) in [6.07, 6.45) is 0. The number of hydrogen-bond acceptors (Lipinski definition) is 6. The van der Waals surface area contributed by atoms with E-state index in [0.29, 0.717) is 5.56 Å². The van der Waals surface area contributed by atoms with Gasteiger partial charge in [0, 0.05) is 17.7 Å². The number of anilines is 2. The zero-order chi connectivity index (χ0) is 20.3. The lowest BCUT2D eigenvalue weighted by Gasteiger charge is -2.24. The van der Waals surface area contributed by atoms with Gasteiger partial charge in [0.2, 0.25) is 0 Å². The molecule has 10 heteroatoms. The molecule has 6 nitrogen and oxygen atoms in total. The number of nitrogens with two attached hydrogens (primary N) is 3. The highest BCUT2D eigenvalue weighted by atomic mass is 35.5. The Kier molecular flexibility index (Phi) is 6.48. The van der Waals surface area contributed by atoms with Gasteiger partial charge in [-0.1, -0.05) is 29.3 Å². The van der Waals surface area contributed by atoms with Crippen LogP contribution in [0.5, 0.6) is 0 Å². The lowest BCUT2D eigenvalue weighted by molar-refractivity contribution is -0.138. The average molecular weight is 417 g/mol. The number of carbonyl (C=O) groups is 1. The quantitative estimate of drug-likeness (QED) is 0.226. The smallest absolute Gasteiger partial charge is 0.358 e. The minimum atomic E-state index is -1.20. The third-order valence-electron chi connectivity index (χ3n) is 3.52. The number of nitrogen functional groups attached to an aromatic ring is 1. The Morgan fingerprint density at radius 1 is 1.15 bits per heavy atom. The average Bonchev–Trinajstić information content (AvgIpc) is 2.60. The van der Waals surface area contributed by atoms with Gasteiger partial charge in [0.15, 0.2) is 17.3 Å². The van der Waals surface area contributed by atoms with Gasteiger partial charge in [-0.2, -0.15) is 0 Å². The Morgan fingerprint density at radius 2 is 1.78 bits per heavy atom. The molecule has 0 aromatic heterocycles. The summed E-state index contributed by atoms with van der Waals surface area (Å²) < 4.78 is 32.0. The third-order valence-corrected chi connectivity index (χ3v) is 4.26. The van der Waals surface area contributed by atoms with Crippen LogP contribution in [0, 0.1) is 11.6 Å². The fraction of sp³-hybridized carbons (Fsp3) is 0.118. The predicted octanol–water partition coefficient (Wildman–Crippen LogP) is 3.42. The molecule has 0 atom stereocenters. The Morgan fingerprint density at radius 3 is 2.37 bits per heavy atom. The number of esters is 1. The van der Waals surface area contributed by atoms with E-state index in [-0.39, 0.29) is 39.4 Å². The molecule has 0 aliphatic rings. The zero-order valence-corrected chi connectivity index (χ0v) is 15.6. The lowest BCUT2D eigenvalue weighted by Crippen LogP contribution is -2.37. The van der Waals surface area contributed by atoms with Gasteiger partial charge < -0.3 is 16.2 Å². The van der Waals surface area contributed by atoms with Crippen molar-refractivity contribution >= 4 is 46.2 Å². The topological polar surface area (TPSA) is 108 Å². The van der Waals surface area contributed by atoms with E-state index in [2.05, 4.69) is 0 Å². The molecule has 0 amide bonds. The normalized spacial score (nSPS) is 11.8. The Labute approximate surface area is 164 Å². The number of nitrogens with zero attached hydrogens (tertiary/aromatic N) is 1. The molecular formula is C17H16Cl2F2N4O2. The van der Waals surface area contributed by atoms with Crippen molar-refractivity contribution in [2.75, 3.05) is 17.3 Å². The van der Waals surface area contributed by atoms with Crippen LogP contribution in [0.15, 0.2) is 36.0 Å². The number of hydrogen-bond donors (Lipinski definition) is 3. The van der Waals surface area contributed by atoms with E-state index in [1.807, 2.05) is 0 Å². The van der Waals surface area contributed by atoms with Crippen molar-refractivity contribution in [3.05, 3.63) is 63.3 Å². The molecule has 2 aromatic carbocycles. The van der Waals surface area contributed by atoms with Gasteiger partial charge in [0.05, 0.1) is 33.7 Å². The van der Waals surface area contributed by atoms with Crippen LogP contribution in [0.3, 0.4) is 0 Å². The van der Waals surface area contributed by atoms with E-state index < -0.39 is 17.6 Å². The SMILES string of the molecule is CCOC(=O)/C(=C(\N)c1ccc(Cl)c(Cl)c1)N(N)c1cc(F)c(F)cc1N. The first-order valence-electron chi connectivity index (χ1n) is 7.59. The van der Waals surface area contributed by atoms with Crippen LogP contribution in [0.1, 0.15) is 12.5 Å². The van der Waals surface area contributed by atoms with E-state index in [0.717, 1.165) is 17.1 Å². The third kappa shape index (κ3) is 4.41. The van der Waals surface area contributed by atoms with E-state index in [4.69, 9.17) is 45.2 Å². The van der Waals surface area contributed by atoms with Crippen molar-refractivity contribution < 1.29 is 18.3 Å². The second kappa shape index (κ2) is 8.43. The minimum Gasteiger partial charge on any atom is -0.461 e. The maximum absolute atomic E-state index is 13.6. The van der Waals surface area contributed by atoms with Crippen LogP contribution >= 0.6 is 23.2 Å². The molecule has 0 spiro atoms. The van der Waals surface area contributed by atoms with Gasteiger partial charge in [0.25, 0.3) is 0 Å². The monoisotopic (exact) mass is 416 g/mol. The van der Waals surface area contributed by atoms with Gasteiger partial charge in [-0.05, 0) is 19.1 Å². The van der Waals surface area contributed by atoms with E-state index >= 15 is 0 Å². The summed E-state index contributed by atoms with van der Waals surface area (Å²) in [5.74, 6) is 2.70. The molecule has 0 bridgehead atoms. The second-order valence-corrected chi connectivity index (χ2v) is 6.12. The number of hydrazine groups is 1. The van der Waals surface area contributed by atoms with Crippen LogP contribution in [-0.4, -0.2) is 12.6 Å². The lowest BCUT2D eigenvalue weighted by atomic mass is 10.1. The molecule has 0 heterocycles. The van der Waals surface area contributed by atoms with E-state index in [1.165, 1.54) is 18.2 Å². The summed E-state index contributed by atoms with van der Waals surface area (Å²) in [6.45, 7) is 1.61. The standard InChI is InChI=1S/C17H16Cl2F2N4O2/c1-2-27-17(26)16(15(23)8-3-4-9(18)10(19)5-8)25(24)14-7-12(21)11(20)6-13(14)22/h3-7H,2,22-24H2,1H3/b16-15+. The van der Waals surface area contributed by atoms with Crippen molar-refractivity contribution in [1.82, 2.24) is 0 Å². The molecule has 27 heavy (non-hydrogen) atoms. The summed E-state index contributed by atoms with van der Waals surface area (Å²) in [5.41, 5.74) is 11.3. The number of benzene rings is 2. The van der Waals surface area contributed by atoms with Crippen molar-refractivity contribution in [2.45, 2.75) is 6.92 Å². The highest BCUT2D eigenvalue weighted by Gasteiger charge is 2.25. The van der Waals surface area contributed by atoms with Crippen LogP contribution < -0.4 is 22.3 Å². The largest absolute Gasteiger partial charge is 0.461 e. The fourth-order valence-corrected chi connectivity index (χ4v) is 2.52. The highest BCUT2D eigenvalue weighted by molar-refractivity contribution is 6.42. The molecule has 0 fully saturated rings. The van der Waals surface area contributed by atoms with Crippen LogP contribution in [0.25, 0.3) is 5.70 Å². The summed E-state index contributed by atoms with van der Waals surface area (Å²) in [6, 6.07) is 5.88. The minimum absolute atomic E-state index is 0.0259. The van der Waals surface area contributed by atoms with Gasteiger partial charge in [-0.25, -0.2) is 19.4 Å². The molecule has 0 aliphatic heterocycles. The molecule has 0 unspecified atom stereocenters. The number of ether oxygens (including phenoxy) is 1. The number of carbonyl (C=O) groups excluding carboxylic acids is 1. The number of halogens is 4. The van der Waals surface area contributed by atoms with Gasteiger partial charge in [-0.15, -0.1) is 0 Å². The van der Waals surface area contributed by atoms with Crippen molar-refractivity contribution in [3.63, 3.8) is 0 Å². The predicted molar refractivity (Wildman–Crippen MR) is 102 cm³/mol. The van der Waals surface area contributed by atoms with E-state index in [9.17, 15) is 13.6 Å². The molecule has 6 N–H and O–H groups in total. The first-order chi connectivity index (χ1) is 12.7. The molecule has 2 aromatic rings. The molecule has 144 valence electrons. The summed E-state index contributed by atoms with van der Waals surface area (Å²) >= 11 is 11.9. The first-order valence-corrected chi connectivity index (χ1v) is 8.34.